The minimum atomic E-state index is -4.37. The number of anilines is 1. The zero-order valence-electron chi connectivity index (χ0n) is 10.1. The van der Waals surface area contributed by atoms with Crippen LogP contribution in [0.25, 0.3) is 0 Å². The van der Waals surface area contributed by atoms with Crippen molar-refractivity contribution in [3.05, 3.63) is 17.8 Å². The summed E-state index contributed by atoms with van der Waals surface area (Å²) in [4.78, 5) is 4.09. The van der Waals surface area contributed by atoms with Crippen molar-refractivity contribution in [2.45, 2.75) is 13.1 Å². The van der Waals surface area contributed by atoms with E-state index in [2.05, 4.69) is 22.0 Å². The van der Waals surface area contributed by atoms with E-state index in [4.69, 9.17) is 0 Å². The summed E-state index contributed by atoms with van der Waals surface area (Å²) in [6, 6.07) is 1.06. The van der Waals surface area contributed by atoms with Gasteiger partial charge in [0.05, 0.1) is 11.8 Å². The topological polar surface area (TPSA) is 32.3 Å². The molecule has 0 aromatic carbocycles. The molecule has 1 aliphatic heterocycles. The Morgan fingerprint density at radius 1 is 1.22 bits per heavy atom. The maximum Gasteiger partial charge on any atom is 0.418 e. The lowest BCUT2D eigenvalue weighted by Gasteiger charge is -2.34. The zero-order valence-corrected chi connectivity index (χ0v) is 10.1. The van der Waals surface area contributed by atoms with Crippen LogP contribution < -0.4 is 4.90 Å². The van der Waals surface area contributed by atoms with Crippen LogP contribution in [0.4, 0.5) is 19.0 Å². The molecular weight excluding hydrogens is 245 g/mol. The van der Waals surface area contributed by atoms with E-state index >= 15 is 0 Å². The molecule has 100 valence electrons. The highest BCUT2D eigenvalue weighted by Gasteiger charge is 2.32. The lowest BCUT2D eigenvalue weighted by atomic mass is 10.2. The minimum Gasteiger partial charge on any atom is -0.353 e. The molecule has 0 spiro atoms. The van der Waals surface area contributed by atoms with Gasteiger partial charge in [-0.05, 0) is 12.6 Å². The summed E-state index contributed by atoms with van der Waals surface area (Å²) in [6.07, 6.45) is -3.61. The minimum absolute atomic E-state index is 0.306. The van der Waals surface area contributed by atoms with Crippen molar-refractivity contribution in [2.24, 2.45) is 0 Å². The van der Waals surface area contributed by atoms with Crippen LogP contribution in [0.5, 0.6) is 0 Å². The van der Waals surface area contributed by atoms with E-state index in [1.54, 1.807) is 0 Å². The van der Waals surface area contributed by atoms with Gasteiger partial charge in [-0.1, -0.05) is 6.92 Å². The van der Waals surface area contributed by atoms with Gasteiger partial charge < -0.3 is 9.80 Å². The molecule has 18 heavy (non-hydrogen) atoms. The van der Waals surface area contributed by atoms with Crippen LogP contribution in [-0.2, 0) is 6.18 Å². The smallest absolute Gasteiger partial charge is 0.353 e. The predicted octanol–water partition coefficient (Wildman–Crippen LogP) is 1.64. The number of hydrogen-bond donors (Lipinski definition) is 0. The Morgan fingerprint density at radius 2 is 1.89 bits per heavy atom. The maximum absolute atomic E-state index is 12.6. The van der Waals surface area contributed by atoms with Gasteiger partial charge >= 0.3 is 6.18 Å². The molecule has 2 rings (SSSR count). The number of nitrogens with zero attached hydrogens (tertiary/aromatic N) is 4. The Balaban J connectivity index is 2.10. The molecule has 1 fully saturated rings. The third-order valence-corrected chi connectivity index (χ3v) is 3.11. The van der Waals surface area contributed by atoms with Crippen LogP contribution >= 0.6 is 0 Å². The standard InChI is InChI=1S/C11H15F3N4/c1-2-17-3-5-18(6-4-17)10-7-9(8-15-16-10)11(12,13)14/h7-8H,2-6H2,1H3. The lowest BCUT2D eigenvalue weighted by molar-refractivity contribution is -0.137. The third kappa shape index (κ3) is 2.90. The Morgan fingerprint density at radius 3 is 2.44 bits per heavy atom. The quantitative estimate of drug-likeness (QED) is 0.809. The van der Waals surface area contributed by atoms with E-state index in [1.807, 2.05) is 4.90 Å². The summed E-state index contributed by atoms with van der Waals surface area (Å²) >= 11 is 0. The van der Waals surface area contributed by atoms with Crippen LogP contribution in [0, 0.1) is 0 Å². The number of hydrogen-bond acceptors (Lipinski definition) is 4. The molecule has 0 radical (unpaired) electrons. The normalized spacial score (nSPS) is 18.1. The SMILES string of the molecule is CCN1CCN(c2cc(C(F)(F)F)cnn2)CC1. The molecule has 0 N–H and O–H groups in total. The first-order chi connectivity index (χ1) is 8.50. The molecule has 0 amide bonds. The van der Waals surface area contributed by atoms with Crippen LogP contribution in [0.15, 0.2) is 12.3 Å². The lowest BCUT2D eigenvalue weighted by Crippen LogP contribution is -2.46. The van der Waals surface area contributed by atoms with Gasteiger partial charge in [-0.25, -0.2) is 0 Å². The molecule has 0 bridgehead atoms. The molecule has 0 atom stereocenters. The first-order valence-electron chi connectivity index (χ1n) is 5.88. The number of rotatable bonds is 2. The molecule has 1 aromatic rings. The van der Waals surface area contributed by atoms with E-state index in [0.29, 0.717) is 18.9 Å². The molecule has 7 heteroatoms. The van der Waals surface area contributed by atoms with E-state index in [-0.39, 0.29) is 0 Å². The van der Waals surface area contributed by atoms with Crippen molar-refractivity contribution in [1.29, 1.82) is 0 Å². The fourth-order valence-electron chi connectivity index (χ4n) is 1.96. The number of likely N-dealkylation sites (N-methyl/N-ethyl adjacent to an activating group) is 1. The number of alkyl halides is 3. The van der Waals surface area contributed by atoms with Crippen molar-refractivity contribution in [3.63, 3.8) is 0 Å². The van der Waals surface area contributed by atoms with Gasteiger partial charge in [0.1, 0.15) is 0 Å². The highest BCUT2D eigenvalue weighted by atomic mass is 19.4. The molecule has 2 heterocycles. The molecule has 0 saturated carbocycles. The summed E-state index contributed by atoms with van der Waals surface area (Å²) in [7, 11) is 0. The number of halogens is 3. The van der Waals surface area contributed by atoms with Gasteiger partial charge in [0.2, 0.25) is 0 Å². The van der Waals surface area contributed by atoms with Crippen molar-refractivity contribution < 1.29 is 13.2 Å². The van der Waals surface area contributed by atoms with Gasteiger partial charge in [-0.15, -0.1) is 5.10 Å². The van der Waals surface area contributed by atoms with Crippen molar-refractivity contribution in [1.82, 2.24) is 15.1 Å². The largest absolute Gasteiger partial charge is 0.418 e. The Bertz CT molecular complexity index is 400. The van der Waals surface area contributed by atoms with Gasteiger partial charge in [0.15, 0.2) is 5.82 Å². The molecule has 4 nitrogen and oxygen atoms in total. The summed E-state index contributed by atoms with van der Waals surface area (Å²) in [5.41, 5.74) is -0.745. The molecule has 1 saturated heterocycles. The Labute approximate surface area is 103 Å². The average molecular weight is 260 g/mol. The Hall–Kier alpha value is -1.37. The van der Waals surface area contributed by atoms with E-state index in [1.165, 1.54) is 0 Å². The highest BCUT2D eigenvalue weighted by Crippen LogP contribution is 2.30. The van der Waals surface area contributed by atoms with Crippen LogP contribution in [-0.4, -0.2) is 47.8 Å². The highest BCUT2D eigenvalue weighted by molar-refractivity contribution is 5.40. The second kappa shape index (κ2) is 5.09. The summed E-state index contributed by atoms with van der Waals surface area (Å²) in [5.74, 6) is 0.306. The first-order valence-corrected chi connectivity index (χ1v) is 5.88. The van der Waals surface area contributed by atoms with Crippen molar-refractivity contribution in [3.8, 4) is 0 Å². The van der Waals surface area contributed by atoms with Crippen LogP contribution in [0.2, 0.25) is 0 Å². The molecule has 0 unspecified atom stereocenters. The van der Waals surface area contributed by atoms with Crippen LogP contribution in [0.3, 0.4) is 0 Å². The number of piperazine rings is 1. The summed E-state index contributed by atoms with van der Waals surface area (Å²) < 4.78 is 37.7. The van der Waals surface area contributed by atoms with Gasteiger partial charge in [0.25, 0.3) is 0 Å². The van der Waals surface area contributed by atoms with Crippen molar-refractivity contribution >= 4 is 5.82 Å². The van der Waals surface area contributed by atoms with Gasteiger partial charge in [0, 0.05) is 26.2 Å². The molecule has 0 aliphatic carbocycles. The third-order valence-electron chi connectivity index (χ3n) is 3.11. The maximum atomic E-state index is 12.6. The second-order valence-corrected chi connectivity index (χ2v) is 4.22. The van der Waals surface area contributed by atoms with E-state index < -0.39 is 11.7 Å². The monoisotopic (exact) mass is 260 g/mol. The second-order valence-electron chi connectivity index (χ2n) is 4.22. The average Bonchev–Trinajstić information content (AvgIpc) is 2.38. The zero-order chi connectivity index (χ0) is 13.2. The predicted molar refractivity (Wildman–Crippen MR) is 61.4 cm³/mol. The summed E-state index contributed by atoms with van der Waals surface area (Å²) in [5, 5.41) is 7.23. The van der Waals surface area contributed by atoms with Gasteiger partial charge in [-0.3, -0.25) is 0 Å². The van der Waals surface area contributed by atoms with Crippen LogP contribution in [0.1, 0.15) is 12.5 Å². The number of aromatic nitrogens is 2. The van der Waals surface area contributed by atoms with E-state index in [0.717, 1.165) is 31.9 Å². The van der Waals surface area contributed by atoms with Gasteiger partial charge in [-0.2, -0.15) is 18.3 Å². The fraction of sp³-hybridized carbons (Fsp3) is 0.636. The summed E-state index contributed by atoms with van der Waals surface area (Å²) in [6.45, 7) is 6.08. The van der Waals surface area contributed by atoms with E-state index in [9.17, 15) is 13.2 Å². The molecular formula is C11H15F3N4. The fourth-order valence-corrected chi connectivity index (χ4v) is 1.96. The first kappa shape index (κ1) is 13.1. The Kier molecular flexibility index (Phi) is 3.70. The molecule has 1 aliphatic rings. The van der Waals surface area contributed by atoms with Crippen molar-refractivity contribution in [2.75, 3.05) is 37.6 Å². The molecule has 1 aromatic heterocycles.